The molecule has 0 radical (unpaired) electrons. The molecule has 0 aliphatic carbocycles. The van der Waals surface area contributed by atoms with Crippen molar-refractivity contribution in [1.82, 2.24) is 10.6 Å². The van der Waals surface area contributed by atoms with Gasteiger partial charge in [-0.15, -0.1) is 0 Å². The van der Waals surface area contributed by atoms with Gasteiger partial charge in [-0.25, -0.2) is 8.42 Å². The first-order valence-electron chi connectivity index (χ1n) is 7.65. The van der Waals surface area contributed by atoms with Crippen LogP contribution in [0.3, 0.4) is 0 Å². The molecule has 2 aromatic rings. The Labute approximate surface area is 146 Å². The summed E-state index contributed by atoms with van der Waals surface area (Å²) < 4.78 is 26.9. The van der Waals surface area contributed by atoms with E-state index >= 15 is 0 Å². The van der Waals surface area contributed by atoms with Crippen molar-refractivity contribution in [2.45, 2.75) is 11.8 Å². The smallest absolute Gasteiger partial charge is 0.261 e. The molecule has 132 valence electrons. The quantitative estimate of drug-likeness (QED) is 0.692. The number of nitrogens with one attached hydrogen (secondary N) is 3. The van der Waals surface area contributed by atoms with Crippen LogP contribution in [0, 0.1) is 0 Å². The van der Waals surface area contributed by atoms with Crippen molar-refractivity contribution >= 4 is 27.5 Å². The van der Waals surface area contributed by atoms with E-state index in [4.69, 9.17) is 0 Å². The number of anilines is 1. The minimum Gasteiger partial charge on any atom is -0.355 e. The SMILES string of the molecule is CCNC(=O)CNC(=O)c1ccc(NS(=O)(=O)c2ccccc2)cc1. The molecular formula is C17H19N3O4S. The summed E-state index contributed by atoms with van der Waals surface area (Å²) in [5.41, 5.74) is 0.663. The highest BCUT2D eigenvalue weighted by Crippen LogP contribution is 2.16. The zero-order valence-electron chi connectivity index (χ0n) is 13.7. The molecule has 8 heteroatoms. The second-order valence-corrected chi connectivity index (χ2v) is 6.81. The van der Waals surface area contributed by atoms with E-state index in [-0.39, 0.29) is 17.3 Å². The molecule has 3 N–H and O–H groups in total. The van der Waals surface area contributed by atoms with E-state index in [0.29, 0.717) is 17.8 Å². The van der Waals surface area contributed by atoms with Crippen molar-refractivity contribution in [2.24, 2.45) is 0 Å². The lowest BCUT2D eigenvalue weighted by molar-refractivity contribution is -0.120. The molecule has 0 bridgehead atoms. The van der Waals surface area contributed by atoms with Crippen LogP contribution in [0.2, 0.25) is 0 Å². The summed E-state index contributed by atoms with van der Waals surface area (Å²) in [5, 5.41) is 5.06. The molecule has 2 aromatic carbocycles. The molecule has 2 amide bonds. The first-order valence-corrected chi connectivity index (χ1v) is 9.13. The molecule has 7 nitrogen and oxygen atoms in total. The fourth-order valence-corrected chi connectivity index (χ4v) is 3.11. The Balaban J connectivity index is 2.00. The molecule has 0 aliphatic heterocycles. The van der Waals surface area contributed by atoms with Crippen molar-refractivity contribution in [3.8, 4) is 0 Å². The van der Waals surface area contributed by atoms with Gasteiger partial charge < -0.3 is 10.6 Å². The third-order valence-electron chi connectivity index (χ3n) is 3.24. The first-order chi connectivity index (χ1) is 11.9. The molecular weight excluding hydrogens is 342 g/mol. The number of hydrogen-bond donors (Lipinski definition) is 3. The molecule has 0 spiro atoms. The molecule has 2 rings (SSSR count). The summed E-state index contributed by atoms with van der Waals surface area (Å²) in [4.78, 5) is 23.4. The molecule has 0 heterocycles. The van der Waals surface area contributed by atoms with Crippen LogP contribution in [0.15, 0.2) is 59.5 Å². The summed E-state index contributed by atoms with van der Waals surface area (Å²) >= 11 is 0. The van der Waals surface area contributed by atoms with Crippen molar-refractivity contribution in [1.29, 1.82) is 0 Å². The van der Waals surface area contributed by atoms with Crippen LogP contribution in [-0.2, 0) is 14.8 Å². The third kappa shape index (κ3) is 5.32. The van der Waals surface area contributed by atoms with Gasteiger partial charge in [0.2, 0.25) is 5.91 Å². The van der Waals surface area contributed by atoms with Crippen LogP contribution >= 0.6 is 0 Å². The average molecular weight is 361 g/mol. The number of likely N-dealkylation sites (N-methyl/N-ethyl adjacent to an activating group) is 1. The molecule has 0 aromatic heterocycles. The monoisotopic (exact) mass is 361 g/mol. The molecule has 0 fully saturated rings. The average Bonchev–Trinajstić information content (AvgIpc) is 2.61. The van der Waals surface area contributed by atoms with Gasteiger partial charge in [0, 0.05) is 17.8 Å². The molecule has 25 heavy (non-hydrogen) atoms. The van der Waals surface area contributed by atoms with E-state index in [1.54, 1.807) is 25.1 Å². The minimum atomic E-state index is -3.68. The lowest BCUT2D eigenvalue weighted by atomic mass is 10.2. The standard InChI is InChI=1S/C17H19N3O4S/c1-2-18-16(21)12-19-17(22)13-8-10-14(11-9-13)20-25(23,24)15-6-4-3-5-7-15/h3-11,20H,2,12H2,1H3,(H,18,21)(H,19,22). The Morgan fingerprint density at radius 3 is 2.16 bits per heavy atom. The molecule has 0 saturated heterocycles. The summed E-state index contributed by atoms with van der Waals surface area (Å²) in [5.74, 6) is -0.688. The van der Waals surface area contributed by atoms with Gasteiger partial charge in [0.05, 0.1) is 11.4 Å². The normalized spacial score (nSPS) is 10.8. The third-order valence-corrected chi connectivity index (χ3v) is 4.63. The van der Waals surface area contributed by atoms with Gasteiger partial charge in [0.15, 0.2) is 0 Å². The highest BCUT2D eigenvalue weighted by Gasteiger charge is 2.14. The van der Waals surface area contributed by atoms with Crippen LogP contribution in [0.4, 0.5) is 5.69 Å². The van der Waals surface area contributed by atoms with Crippen molar-refractivity contribution < 1.29 is 18.0 Å². The molecule has 0 saturated carbocycles. The van der Waals surface area contributed by atoms with Crippen LogP contribution < -0.4 is 15.4 Å². The Kier molecular flexibility index (Phi) is 6.13. The maximum Gasteiger partial charge on any atom is 0.261 e. The van der Waals surface area contributed by atoms with E-state index < -0.39 is 15.9 Å². The zero-order chi connectivity index (χ0) is 18.3. The van der Waals surface area contributed by atoms with Crippen LogP contribution in [0.25, 0.3) is 0 Å². The van der Waals surface area contributed by atoms with Crippen LogP contribution in [0.5, 0.6) is 0 Å². The Morgan fingerprint density at radius 2 is 1.56 bits per heavy atom. The van der Waals surface area contributed by atoms with Crippen molar-refractivity contribution in [3.63, 3.8) is 0 Å². The van der Waals surface area contributed by atoms with Crippen molar-refractivity contribution in [3.05, 3.63) is 60.2 Å². The molecule has 0 aliphatic rings. The summed E-state index contributed by atoms with van der Waals surface area (Å²) in [6.45, 7) is 2.16. The fourth-order valence-electron chi connectivity index (χ4n) is 2.03. The maximum atomic E-state index is 12.2. The van der Waals surface area contributed by atoms with Crippen LogP contribution in [-0.4, -0.2) is 33.3 Å². The first kappa shape index (κ1) is 18.5. The number of benzene rings is 2. The topological polar surface area (TPSA) is 104 Å². The van der Waals surface area contributed by atoms with Crippen molar-refractivity contribution in [2.75, 3.05) is 17.8 Å². The number of sulfonamides is 1. The lowest BCUT2D eigenvalue weighted by Gasteiger charge is -2.09. The zero-order valence-corrected chi connectivity index (χ0v) is 14.5. The highest BCUT2D eigenvalue weighted by molar-refractivity contribution is 7.92. The Bertz CT molecular complexity index is 834. The van der Waals surface area contributed by atoms with Gasteiger partial charge in [-0.2, -0.15) is 0 Å². The van der Waals surface area contributed by atoms with Gasteiger partial charge in [-0.3, -0.25) is 14.3 Å². The van der Waals surface area contributed by atoms with E-state index in [1.165, 1.54) is 36.4 Å². The number of hydrogen-bond acceptors (Lipinski definition) is 4. The number of carbonyl (C=O) groups excluding carboxylic acids is 2. The van der Waals surface area contributed by atoms with E-state index in [9.17, 15) is 18.0 Å². The van der Waals surface area contributed by atoms with Gasteiger partial charge in [0.25, 0.3) is 15.9 Å². The van der Waals surface area contributed by atoms with Gasteiger partial charge in [-0.05, 0) is 43.3 Å². The van der Waals surface area contributed by atoms with E-state index in [2.05, 4.69) is 15.4 Å². The fraction of sp³-hybridized carbons (Fsp3) is 0.176. The predicted molar refractivity (Wildman–Crippen MR) is 94.7 cm³/mol. The Morgan fingerprint density at radius 1 is 0.920 bits per heavy atom. The minimum absolute atomic E-state index is 0.116. The van der Waals surface area contributed by atoms with Gasteiger partial charge in [0.1, 0.15) is 0 Å². The van der Waals surface area contributed by atoms with Crippen LogP contribution in [0.1, 0.15) is 17.3 Å². The number of amides is 2. The second kappa shape index (κ2) is 8.29. The van der Waals surface area contributed by atoms with Gasteiger partial charge >= 0.3 is 0 Å². The summed E-state index contributed by atoms with van der Waals surface area (Å²) in [6.07, 6.45) is 0. The lowest BCUT2D eigenvalue weighted by Crippen LogP contribution is -2.36. The molecule has 0 atom stereocenters. The maximum absolute atomic E-state index is 12.2. The number of rotatable bonds is 7. The largest absolute Gasteiger partial charge is 0.355 e. The summed E-state index contributed by atoms with van der Waals surface area (Å²) in [6, 6.07) is 13.9. The predicted octanol–water partition coefficient (Wildman–Crippen LogP) is 1.35. The molecule has 0 unspecified atom stereocenters. The Hall–Kier alpha value is -2.87. The van der Waals surface area contributed by atoms with E-state index in [0.717, 1.165) is 0 Å². The summed E-state index contributed by atoms with van der Waals surface area (Å²) in [7, 11) is -3.68. The van der Waals surface area contributed by atoms with Gasteiger partial charge in [-0.1, -0.05) is 18.2 Å². The van der Waals surface area contributed by atoms with E-state index in [1.807, 2.05) is 0 Å². The highest BCUT2D eigenvalue weighted by atomic mass is 32.2. The number of carbonyl (C=O) groups is 2. The second-order valence-electron chi connectivity index (χ2n) is 5.13.